The molecule has 1 aliphatic heterocycles. The Balaban J connectivity index is 1.87. The van der Waals surface area contributed by atoms with Gasteiger partial charge >= 0.3 is 5.97 Å². The molecule has 0 spiro atoms. The van der Waals surface area contributed by atoms with E-state index in [0.29, 0.717) is 45.4 Å². The molecular formula is C14H24N2O4. The lowest BCUT2D eigenvalue weighted by Gasteiger charge is -2.32. The summed E-state index contributed by atoms with van der Waals surface area (Å²) in [5.74, 6) is -0.697. The first-order valence-electron chi connectivity index (χ1n) is 7.48. The number of amides is 1. The molecule has 2 aliphatic rings. The minimum Gasteiger partial charge on any atom is -0.481 e. The molecule has 114 valence electrons. The fourth-order valence-electron chi connectivity index (χ4n) is 2.99. The summed E-state index contributed by atoms with van der Waals surface area (Å²) in [6, 6.07) is 0.374. The highest BCUT2D eigenvalue weighted by atomic mass is 16.5. The van der Waals surface area contributed by atoms with Gasteiger partial charge < -0.3 is 14.7 Å². The van der Waals surface area contributed by atoms with Crippen LogP contribution in [0.1, 0.15) is 32.1 Å². The summed E-state index contributed by atoms with van der Waals surface area (Å²) in [4.78, 5) is 27.0. The van der Waals surface area contributed by atoms with Crippen molar-refractivity contribution in [2.45, 2.75) is 38.1 Å². The van der Waals surface area contributed by atoms with Crippen LogP contribution < -0.4 is 0 Å². The van der Waals surface area contributed by atoms with Gasteiger partial charge in [0.1, 0.15) is 0 Å². The van der Waals surface area contributed by atoms with Gasteiger partial charge in [0.05, 0.1) is 26.2 Å². The number of aliphatic carboxylic acids is 1. The van der Waals surface area contributed by atoms with Crippen molar-refractivity contribution in [2.24, 2.45) is 0 Å². The zero-order chi connectivity index (χ0) is 14.4. The van der Waals surface area contributed by atoms with Gasteiger partial charge in [0, 0.05) is 25.7 Å². The zero-order valence-corrected chi connectivity index (χ0v) is 11.9. The highest BCUT2D eigenvalue weighted by molar-refractivity contribution is 5.78. The number of morpholine rings is 1. The van der Waals surface area contributed by atoms with E-state index in [-0.39, 0.29) is 12.3 Å². The van der Waals surface area contributed by atoms with Crippen molar-refractivity contribution in [2.75, 3.05) is 39.4 Å². The maximum Gasteiger partial charge on any atom is 0.304 e. The third-order valence-electron chi connectivity index (χ3n) is 4.16. The number of hydrogen-bond acceptors (Lipinski definition) is 4. The minimum absolute atomic E-state index is 0.102. The molecule has 1 saturated heterocycles. The normalized spacial score (nSPS) is 20.6. The van der Waals surface area contributed by atoms with Crippen molar-refractivity contribution in [1.29, 1.82) is 0 Å². The molecule has 1 heterocycles. The molecule has 1 aliphatic carbocycles. The predicted octanol–water partition coefficient (Wildman–Crippen LogP) is 0.564. The Labute approximate surface area is 119 Å². The second-order valence-corrected chi connectivity index (χ2v) is 5.55. The molecule has 2 fully saturated rings. The minimum atomic E-state index is -0.799. The van der Waals surface area contributed by atoms with Crippen LogP contribution >= 0.6 is 0 Å². The first-order chi connectivity index (χ1) is 9.66. The van der Waals surface area contributed by atoms with Gasteiger partial charge in [-0.1, -0.05) is 12.8 Å². The topological polar surface area (TPSA) is 70.1 Å². The fraction of sp³-hybridized carbons (Fsp3) is 0.857. The quantitative estimate of drug-likeness (QED) is 0.772. The maximum atomic E-state index is 12.3. The van der Waals surface area contributed by atoms with Gasteiger partial charge in [0.15, 0.2) is 0 Å². The van der Waals surface area contributed by atoms with E-state index >= 15 is 0 Å². The molecular weight excluding hydrogens is 260 g/mol. The summed E-state index contributed by atoms with van der Waals surface area (Å²) in [5, 5.41) is 8.85. The van der Waals surface area contributed by atoms with Gasteiger partial charge in [-0.3, -0.25) is 14.5 Å². The van der Waals surface area contributed by atoms with Crippen molar-refractivity contribution in [1.82, 2.24) is 9.80 Å². The summed E-state index contributed by atoms with van der Waals surface area (Å²) in [6.07, 6.45) is 4.62. The van der Waals surface area contributed by atoms with Crippen LogP contribution in [-0.4, -0.2) is 72.2 Å². The van der Waals surface area contributed by atoms with E-state index in [4.69, 9.17) is 9.84 Å². The molecule has 1 N–H and O–H groups in total. The van der Waals surface area contributed by atoms with Crippen LogP contribution in [0.2, 0.25) is 0 Å². The van der Waals surface area contributed by atoms with Gasteiger partial charge in [-0.05, 0) is 12.8 Å². The van der Waals surface area contributed by atoms with E-state index in [0.717, 1.165) is 12.8 Å². The number of carbonyl (C=O) groups is 2. The molecule has 6 nitrogen and oxygen atoms in total. The number of nitrogens with zero attached hydrogens (tertiary/aromatic N) is 2. The molecule has 0 aromatic rings. The van der Waals surface area contributed by atoms with Gasteiger partial charge in [-0.15, -0.1) is 0 Å². The monoisotopic (exact) mass is 284 g/mol. The van der Waals surface area contributed by atoms with Crippen LogP contribution in [0.4, 0.5) is 0 Å². The van der Waals surface area contributed by atoms with Gasteiger partial charge in [-0.25, -0.2) is 0 Å². The lowest BCUT2D eigenvalue weighted by atomic mass is 10.2. The first-order valence-corrected chi connectivity index (χ1v) is 7.48. The SMILES string of the molecule is O=C(O)CCN(CC(=O)N1CCOCC1)C1CCCC1. The van der Waals surface area contributed by atoms with E-state index in [9.17, 15) is 9.59 Å². The third-order valence-corrected chi connectivity index (χ3v) is 4.16. The molecule has 0 aromatic carbocycles. The van der Waals surface area contributed by atoms with Crippen molar-refractivity contribution >= 4 is 11.9 Å². The number of hydrogen-bond donors (Lipinski definition) is 1. The van der Waals surface area contributed by atoms with Crippen molar-refractivity contribution in [3.63, 3.8) is 0 Å². The van der Waals surface area contributed by atoms with Gasteiger partial charge in [-0.2, -0.15) is 0 Å². The molecule has 2 rings (SSSR count). The Kier molecular flexibility index (Phi) is 5.79. The Morgan fingerprint density at radius 3 is 2.45 bits per heavy atom. The average molecular weight is 284 g/mol. The van der Waals surface area contributed by atoms with Crippen molar-refractivity contribution in [3.05, 3.63) is 0 Å². The Hall–Kier alpha value is -1.14. The van der Waals surface area contributed by atoms with E-state index in [1.54, 1.807) is 0 Å². The number of carbonyl (C=O) groups excluding carboxylic acids is 1. The fourth-order valence-corrected chi connectivity index (χ4v) is 2.99. The number of carboxylic acid groups (broad SMARTS) is 1. The second kappa shape index (κ2) is 7.59. The standard InChI is InChI=1S/C14H24N2O4/c17-13(15-7-9-20-10-8-15)11-16(6-5-14(18)19)12-3-1-2-4-12/h12H,1-11H2,(H,18,19). The summed E-state index contributed by atoms with van der Waals surface area (Å²) in [6.45, 7) is 3.31. The second-order valence-electron chi connectivity index (χ2n) is 5.55. The Morgan fingerprint density at radius 2 is 1.85 bits per heavy atom. The molecule has 6 heteroatoms. The number of rotatable bonds is 6. The van der Waals surface area contributed by atoms with Crippen LogP contribution in [0, 0.1) is 0 Å². The number of ether oxygens (including phenoxy) is 1. The Morgan fingerprint density at radius 1 is 1.20 bits per heavy atom. The van der Waals surface area contributed by atoms with Gasteiger partial charge in [0.25, 0.3) is 0 Å². The summed E-state index contributed by atoms with van der Waals surface area (Å²) >= 11 is 0. The molecule has 0 bridgehead atoms. The third kappa shape index (κ3) is 4.45. The lowest BCUT2D eigenvalue weighted by Crippen LogP contribution is -2.48. The van der Waals surface area contributed by atoms with Crippen LogP contribution in [0.5, 0.6) is 0 Å². The zero-order valence-electron chi connectivity index (χ0n) is 11.9. The summed E-state index contributed by atoms with van der Waals surface area (Å²) < 4.78 is 5.25. The van der Waals surface area contributed by atoms with E-state index in [2.05, 4.69) is 4.90 Å². The predicted molar refractivity (Wildman–Crippen MR) is 73.5 cm³/mol. The van der Waals surface area contributed by atoms with Crippen LogP contribution in [0.15, 0.2) is 0 Å². The van der Waals surface area contributed by atoms with E-state index < -0.39 is 5.97 Å². The first kappa shape index (κ1) is 15.3. The molecule has 0 radical (unpaired) electrons. The highest BCUT2D eigenvalue weighted by Gasteiger charge is 2.27. The molecule has 0 unspecified atom stereocenters. The van der Waals surface area contributed by atoms with Crippen molar-refractivity contribution < 1.29 is 19.4 Å². The molecule has 0 atom stereocenters. The van der Waals surface area contributed by atoms with Crippen LogP contribution in [0.3, 0.4) is 0 Å². The smallest absolute Gasteiger partial charge is 0.304 e. The lowest BCUT2D eigenvalue weighted by molar-refractivity contribution is -0.140. The summed E-state index contributed by atoms with van der Waals surface area (Å²) in [7, 11) is 0. The van der Waals surface area contributed by atoms with Crippen LogP contribution in [0.25, 0.3) is 0 Å². The maximum absolute atomic E-state index is 12.3. The molecule has 20 heavy (non-hydrogen) atoms. The highest BCUT2D eigenvalue weighted by Crippen LogP contribution is 2.23. The van der Waals surface area contributed by atoms with Crippen LogP contribution in [-0.2, 0) is 14.3 Å². The average Bonchev–Trinajstić information content (AvgIpc) is 2.98. The van der Waals surface area contributed by atoms with Gasteiger partial charge in [0.2, 0.25) is 5.91 Å². The number of carboxylic acids is 1. The molecule has 1 saturated carbocycles. The molecule has 0 aromatic heterocycles. The van der Waals surface area contributed by atoms with E-state index in [1.807, 2.05) is 4.90 Å². The Bertz CT molecular complexity index is 336. The molecule has 1 amide bonds. The van der Waals surface area contributed by atoms with E-state index in [1.165, 1.54) is 12.8 Å². The largest absolute Gasteiger partial charge is 0.481 e. The van der Waals surface area contributed by atoms with Crippen molar-refractivity contribution in [3.8, 4) is 0 Å². The summed E-state index contributed by atoms with van der Waals surface area (Å²) in [5.41, 5.74) is 0.